The highest BCUT2D eigenvalue weighted by Crippen LogP contribution is 2.26. The fraction of sp³-hybridized carbons (Fsp3) is 0.118. The van der Waals surface area contributed by atoms with E-state index in [1.807, 2.05) is 24.3 Å². The average molecular weight is 373 g/mol. The fourth-order valence-electron chi connectivity index (χ4n) is 2.01. The number of Topliss-reactive ketones (excluding diaryl/α,β-unsaturated/α-hetero) is 1. The highest BCUT2D eigenvalue weighted by Gasteiger charge is 2.11. The molecule has 0 saturated heterocycles. The van der Waals surface area contributed by atoms with Crippen LogP contribution in [-0.2, 0) is 6.61 Å². The molecule has 5 nitrogen and oxygen atoms in total. The van der Waals surface area contributed by atoms with Gasteiger partial charge in [0.1, 0.15) is 5.75 Å². The summed E-state index contributed by atoms with van der Waals surface area (Å²) in [5.41, 5.74) is 1.42. The Hall–Kier alpha value is -2.47. The van der Waals surface area contributed by atoms with Crippen molar-refractivity contribution >= 4 is 21.7 Å². The van der Waals surface area contributed by atoms with Gasteiger partial charge in [-0.25, -0.2) is 0 Å². The maximum absolute atomic E-state index is 11.4. The van der Waals surface area contributed by atoms with Gasteiger partial charge in [0.2, 0.25) is 5.89 Å². The van der Waals surface area contributed by atoms with Crippen molar-refractivity contribution in [1.29, 1.82) is 0 Å². The molecule has 0 spiro atoms. The van der Waals surface area contributed by atoms with Gasteiger partial charge in [-0.2, -0.15) is 0 Å². The van der Waals surface area contributed by atoms with E-state index in [-0.39, 0.29) is 12.4 Å². The number of halogens is 1. The Bertz CT molecular complexity index is 845. The number of carbonyl (C=O) groups is 1. The minimum atomic E-state index is -0.00976. The molecule has 1 heterocycles. The fourth-order valence-corrected chi connectivity index (χ4v) is 2.46. The molecule has 23 heavy (non-hydrogen) atoms. The number of benzene rings is 2. The number of aromatic nitrogens is 2. The Morgan fingerprint density at radius 1 is 1.17 bits per heavy atom. The molecule has 3 aromatic rings. The molecule has 116 valence electrons. The lowest BCUT2D eigenvalue weighted by molar-refractivity contribution is 0.101. The molecular weight excluding hydrogens is 360 g/mol. The van der Waals surface area contributed by atoms with Gasteiger partial charge in [-0.15, -0.1) is 10.2 Å². The highest BCUT2D eigenvalue weighted by atomic mass is 79.9. The number of hydrogen-bond donors (Lipinski definition) is 0. The molecule has 0 aliphatic carbocycles. The minimum Gasteiger partial charge on any atom is -0.484 e. The molecule has 0 unspecified atom stereocenters. The zero-order valence-corrected chi connectivity index (χ0v) is 13.9. The van der Waals surface area contributed by atoms with Crippen LogP contribution in [0, 0.1) is 0 Å². The van der Waals surface area contributed by atoms with Gasteiger partial charge in [0.25, 0.3) is 5.89 Å². The predicted octanol–water partition coefficient (Wildman–Crippen LogP) is 4.28. The summed E-state index contributed by atoms with van der Waals surface area (Å²) in [5.74, 6) is 1.36. The van der Waals surface area contributed by atoms with Crippen LogP contribution in [0.1, 0.15) is 23.2 Å². The van der Waals surface area contributed by atoms with E-state index in [1.165, 1.54) is 6.92 Å². The maximum atomic E-state index is 11.4. The third kappa shape index (κ3) is 3.65. The van der Waals surface area contributed by atoms with Gasteiger partial charge in [0.15, 0.2) is 12.4 Å². The summed E-state index contributed by atoms with van der Waals surface area (Å²) in [4.78, 5) is 11.4. The summed E-state index contributed by atoms with van der Waals surface area (Å²) in [6.45, 7) is 1.65. The number of carbonyl (C=O) groups excluding carboxylic acids is 1. The third-order valence-corrected chi connectivity index (χ3v) is 3.87. The lowest BCUT2D eigenvalue weighted by Gasteiger charge is -2.04. The van der Waals surface area contributed by atoms with Crippen molar-refractivity contribution in [1.82, 2.24) is 10.2 Å². The Morgan fingerprint density at radius 2 is 2.00 bits per heavy atom. The molecule has 3 rings (SSSR count). The van der Waals surface area contributed by atoms with E-state index in [9.17, 15) is 4.79 Å². The molecule has 0 amide bonds. The van der Waals surface area contributed by atoms with Gasteiger partial charge >= 0.3 is 0 Å². The zero-order chi connectivity index (χ0) is 16.2. The summed E-state index contributed by atoms with van der Waals surface area (Å²) < 4.78 is 12.1. The maximum Gasteiger partial charge on any atom is 0.254 e. The Labute approximate surface area is 141 Å². The lowest BCUT2D eigenvalue weighted by atomic mass is 10.1. The van der Waals surface area contributed by atoms with E-state index in [0.29, 0.717) is 23.1 Å². The number of ketones is 1. The molecule has 0 saturated carbocycles. The third-order valence-electron chi connectivity index (χ3n) is 3.17. The van der Waals surface area contributed by atoms with Crippen LogP contribution in [-0.4, -0.2) is 16.0 Å². The summed E-state index contributed by atoms with van der Waals surface area (Å²) in [6.07, 6.45) is 0. The summed E-state index contributed by atoms with van der Waals surface area (Å²) >= 11 is 3.45. The second-order valence-corrected chi connectivity index (χ2v) is 5.71. The summed E-state index contributed by atoms with van der Waals surface area (Å²) in [6, 6.07) is 14.6. The van der Waals surface area contributed by atoms with Crippen LogP contribution in [0.2, 0.25) is 0 Å². The Kier molecular flexibility index (Phi) is 4.52. The Balaban J connectivity index is 1.72. The second kappa shape index (κ2) is 6.75. The van der Waals surface area contributed by atoms with Crippen molar-refractivity contribution in [2.45, 2.75) is 13.5 Å². The standard InChI is InChI=1S/C17H13BrN2O3/c1-11(21)12-5-4-6-13(9-12)22-10-16-19-20-17(23-16)14-7-2-3-8-15(14)18/h2-9H,10H2,1H3. The number of nitrogens with zero attached hydrogens (tertiary/aromatic N) is 2. The second-order valence-electron chi connectivity index (χ2n) is 4.85. The lowest BCUT2D eigenvalue weighted by Crippen LogP contribution is -1.98. The quantitative estimate of drug-likeness (QED) is 0.625. The summed E-state index contributed by atoms with van der Waals surface area (Å²) in [7, 11) is 0. The first-order valence-corrected chi connectivity index (χ1v) is 7.74. The van der Waals surface area contributed by atoms with Crippen molar-refractivity contribution in [3.8, 4) is 17.2 Å². The molecule has 0 atom stereocenters. The number of rotatable bonds is 5. The van der Waals surface area contributed by atoms with Crippen LogP contribution in [0.5, 0.6) is 5.75 Å². The van der Waals surface area contributed by atoms with E-state index in [4.69, 9.17) is 9.15 Å². The molecule has 0 radical (unpaired) electrons. The average Bonchev–Trinajstić information content (AvgIpc) is 3.02. The van der Waals surface area contributed by atoms with Gasteiger partial charge in [-0.3, -0.25) is 4.79 Å². The van der Waals surface area contributed by atoms with Crippen LogP contribution in [0.4, 0.5) is 0 Å². The van der Waals surface area contributed by atoms with Crippen molar-refractivity contribution in [2.24, 2.45) is 0 Å². The number of ether oxygens (including phenoxy) is 1. The molecule has 0 fully saturated rings. The Morgan fingerprint density at radius 3 is 2.78 bits per heavy atom. The first kappa shape index (κ1) is 15.4. The minimum absolute atomic E-state index is 0.00976. The van der Waals surface area contributed by atoms with Gasteiger partial charge in [0, 0.05) is 10.0 Å². The largest absolute Gasteiger partial charge is 0.484 e. The molecule has 2 aromatic carbocycles. The molecular formula is C17H13BrN2O3. The first-order valence-electron chi connectivity index (χ1n) is 6.94. The topological polar surface area (TPSA) is 65.2 Å². The van der Waals surface area contributed by atoms with Gasteiger partial charge < -0.3 is 9.15 Å². The van der Waals surface area contributed by atoms with E-state index >= 15 is 0 Å². The molecule has 0 bridgehead atoms. The van der Waals surface area contributed by atoms with Crippen molar-refractivity contribution in [3.63, 3.8) is 0 Å². The molecule has 1 aromatic heterocycles. The zero-order valence-electron chi connectivity index (χ0n) is 12.3. The summed E-state index contributed by atoms with van der Waals surface area (Å²) in [5, 5.41) is 8.00. The normalized spacial score (nSPS) is 10.5. The number of hydrogen-bond acceptors (Lipinski definition) is 5. The highest BCUT2D eigenvalue weighted by molar-refractivity contribution is 9.10. The van der Waals surface area contributed by atoms with Crippen LogP contribution < -0.4 is 4.74 Å². The smallest absolute Gasteiger partial charge is 0.254 e. The molecule has 0 N–H and O–H groups in total. The van der Waals surface area contributed by atoms with Crippen molar-refractivity contribution in [3.05, 3.63) is 64.5 Å². The molecule has 0 aliphatic heterocycles. The molecule has 6 heteroatoms. The van der Waals surface area contributed by atoms with Crippen LogP contribution in [0.25, 0.3) is 11.5 Å². The van der Waals surface area contributed by atoms with Gasteiger partial charge in [0.05, 0.1) is 5.56 Å². The predicted molar refractivity (Wildman–Crippen MR) is 88.2 cm³/mol. The van der Waals surface area contributed by atoms with E-state index in [1.54, 1.807) is 24.3 Å². The van der Waals surface area contributed by atoms with Gasteiger partial charge in [-0.05, 0) is 47.1 Å². The van der Waals surface area contributed by atoms with E-state index in [2.05, 4.69) is 26.1 Å². The van der Waals surface area contributed by atoms with Gasteiger partial charge in [-0.1, -0.05) is 24.3 Å². The van der Waals surface area contributed by atoms with Crippen LogP contribution >= 0.6 is 15.9 Å². The monoisotopic (exact) mass is 372 g/mol. The van der Waals surface area contributed by atoms with Crippen LogP contribution in [0.15, 0.2) is 57.4 Å². The van der Waals surface area contributed by atoms with E-state index < -0.39 is 0 Å². The van der Waals surface area contributed by atoms with Crippen molar-refractivity contribution in [2.75, 3.05) is 0 Å². The first-order chi connectivity index (χ1) is 11.1. The molecule has 0 aliphatic rings. The van der Waals surface area contributed by atoms with E-state index in [0.717, 1.165) is 10.0 Å². The van der Waals surface area contributed by atoms with Crippen molar-refractivity contribution < 1.29 is 13.9 Å². The van der Waals surface area contributed by atoms with Crippen LogP contribution in [0.3, 0.4) is 0 Å². The SMILES string of the molecule is CC(=O)c1cccc(OCc2nnc(-c3ccccc3Br)o2)c1.